The summed E-state index contributed by atoms with van der Waals surface area (Å²) in [5.74, 6) is -0.519. The highest BCUT2D eigenvalue weighted by Gasteiger charge is 2.13. The summed E-state index contributed by atoms with van der Waals surface area (Å²) in [7, 11) is 1.50. The number of rotatable bonds is 6. The Bertz CT molecular complexity index is 733. The quantitative estimate of drug-likeness (QED) is 0.726. The molecule has 0 aromatic heterocycles. The van der Waals surface area contributed by atoms with Crippen LogP contribution in [0.3, 0.4) is 0 Å². The van der Waals surface area contributed by atoms with Gasteiger partial charge in [0.2, 0.25) is 5.91 Å². The van der Waals surface area contributed by atoms with Crippen LogP contribution in [0.25, 0.3) is 5.70 Å². The summed E-state index contributed by atoms with van der Waals surface area (Å²) in [5, 5.41) is 3.76. The maximum Gasteiger partial charge on any atom is 0.231 e. The third-order valence-electron chi connectivity index (χ3n) is 3.31. The van der Waals surface area contributed by atoms with Crippen LogP contribution in [0.4, 0.5) is 5.69 Å². The Morgan fingerprint density at radius 1 is 1.12 bits per heavy atom. The van der Waals surface area contributed by atoms with E-state index in [1.54, 1.807) is 31.2 Å². The van der Waals surface area contributed by atoms with Crippen molar-refractivity contribution in [3.8, 4) is 0 Å². The monoisotopic (exact) mass is 364 g/mol. The number of carbonyl (C=O) groups is 1. The van der Waals surface area contributed by atoms with Crippen LogP contribution in [0, 0.1) is 5.92 Å². The number of hydrogen-bond donors (Lipinski definition) is 2. The maximum absolute atomic E-state index is 12.3. The Kier molecular flexibility index (Phi) is 6.67. The standard InChI is InChI=1S/C18H18Cl2N2O2/c1-12(18(23)21-14-6-4-3-5-7-14)10-17(22-24-2)13-8-9-15(19)16(20)11-13/h3-12,22H,1-2H3,(H,21,23). The summed E-state index contributed by atoms with van der Waals surface area (Å²) in [5.41, 5.74) is 4.92. The number of anilines is 1. The van der Waals surface area contributed by atoms with Crippen LogP contribution in [-0.2, 0) is 9.63 Å². The molecule has 4 nitrogen and oxygen atoms in total. The van der Waals surface area contributed by atoms with E-state index in [2.05, 4.69) is 10.8 Å². The second-order valence-electron chi connectivity index (χ2n) is 5.16. The highest BCUT2D eigenvalue weighted by molar-refractivity contribution is 6.42. The number of halogens is 2. The Hall–Kier alpha value is -2.01. The van der Waals surface area contributed by atoms with Gasteiger partial charge < -0.3 is 5.32 Å². The predicted octanol–water partition coefficient (Wildman–Crippen LogP) is 4.76. The first-order valence-corrected chi connectivity index (χ1v) is 8.09. The van der Waals surface area contributed by atoms with Gasteiger partial charge in [-0.05, 0) is 37.3 Å². The first-order valence-electron chi connectivity index (χ1n) is 7.33. The molecule has 2 aromatic rings. The molecule has 0 fully saturated rings. The maximum atomic E-state index is 12.3. The summed E-state index contributed by atoms with van der Waals surface area (Å²) in [6, 6.07) is 14.5. The van der Waals surface area contributed by atoms with Gasteiger partial charge in [0.15, 0.2) is 0 Å². The molecule has 0 saturated heterocycles. The molecule has 2 aromatic carbocycles. The van der Waals surface area contributed by atoms with Crippen molar-refractivity contribution in [3.63, 3.8) is 0 Å². The number of nitrogens with one attached hydrogen (secondary N) is 2. The summed E-state index contributed by atoms with van der Waals surface area (Å²) in [6.07, 6.45) is 1.77. The van der Waals surface area contributed by atoms with Gasteiger partial charge in [-0.1, -0.05) is 47.5 Å². The topological polar surface area (TPSA) is 50.4 Å². The van der Waals surface area contributed by atoms with Crippen molar-refractivity contribution in [3.05, 3.63) is 70.2 Å². The SMILES string of the molecule is CONC(=CC(C)C(=O)Nc1ccccc1)c1ccc(Cl)c(Cl)c1. The molecule has 0 saturated carbocycles. The molecule has 1 amide bonds. The van der Waals surface area contributed by atoms with E-state index in [4.69, 9.17) is 28.0 Å². The van der Waals surface area contributed by atoms with Gasteiger partial charge in [0.1, 0.15) is 0 Å². The largest absolute Gasteiger partial charge is 0.326 e. The van der Waals surface area contributed by atoms with Gasteiger partial charge in [0.25, 0.3) is 0 Å². The molecule has 1 unspecified atom stereocenters. The Labute approximate surface area is 151 Å². The summed E-state index contributed by atoms with van der Waals surface area (Å²) < 4.78 is 0. The van der Waals surface area contributed by atoms with Crippen molar-refractivity contribution in [1.82, 2.24) is 5.48 Å². The zero-order valence-electron chi connectivity index (χ0n) is 13.3. The molecule has 6 heteroatoms. The zero-order valence-corrected chi connectivity index (χ0v) is 14.9. The van der Waals surface area contributed by atoms with Crippen molar-refractivity contribution in [2.45, 2.75) is 6.92 Å². The van der Waals surface area contributed by atoms with Crippen molar-refractivity contribution < 1.29 is 9.63 Å². The minimum atomic E-state index is -0.391. The lowest BCUT2D eigenvalue weighted by Crippen LogP contribution is -2.21. The number of para-hydroxylation sites is 1. The highest BCUT2D eigenvalue weighted by atomic mass is 35.5. The second kappa shape index (κ2) is 8.73. The number of benzene rings is 2. The van der Waals surface area contributed by atoms with Gasteiger partial charge in [0, 0.05) is 11.3 Å². The molecule has 0 bridgehead atoms. The number of hydrogen-bond acceptors (Lipinski definition) is 3. The van der Waals surface area contributed by atoms with Gasteiger partial charge in [-0.2, -0.15) is 0 Å². The Morgan fingerprint density at radius 2 is 1.83 bits per heavy atom. The van der Waals surface area contributed by atoms with Gasteiger partial charge in [-0.3, -0.25) is 15.1 Å². The summed E-state index contributed by atoms with van der Waals surface area (Å²) >= 11 is 12.0. The van der Waals surface area contributed by atoms with Gasteiger partial charge >= 0.3 is 0 Å². The van der Waals surface area contributed by atoms with Crippen molar-refractivity contribution >= 4 is 40.5 Å². The molecule has 0 aliphatic rings. The summed E-state index contributed by atoms with van der Waals surface area (Å²) in [6.45, 7) is 1.80. The number of hydroxylamine groups is 1. The first-order chi connectivity index (χ1) is 11.5. The van der Waals surface area contributed by atoms with Gasteiger partial charge in [-0.15, -0.1) is 0 Å². The van der Waals surface area contributed by atoms with Crippen molar-refractivity contribution in [2.75, 3.05) is 12.4 Å². The van der Waals surface area contributed by atoms with Crippen LogP contribution in [0.1, 0.15) is 12.5 Å². The van der Waals surface area contributed by atoms with E-state index in [1.165, 1.54) is 7.11 Å². The first kappa shape index (κ1) is 18.3. The van der Waals surface area contributed by atoms with Crippen LogP contribution in [0.5, 0.6) is 0 Å². The smallest absolute Gasteiger partial charge is 0.231 e. The second-order valence-corrected chi connectivity index (χ2v) is 5.97. The molecule has 0 aliphatic carbocycles. The third kappa shape index (κ3) is 4.99. The van der Waals surface area contributed by atoms with Crippen LogP contribution in [-0.4, -0.2) is 13.0 Å². The molecule has 2 N–H and O–H groups in total. The summed E-state index contributed by atoms with van der Waals surface area (Å²) in [4.78, 5) is 17.3. The van der Waals surface area contributed by atoms with E-state index in [0.29, 0.717) is 15.7 Å². The number of amides is 1. The molecule has 0 spiro atoms. The van der Waals surface area contributed by atoms with Crippen molar-refractivity contribution in [1.29, 1.82) is 0 Å². The lowest BCUT2D eigenvalue weighted by molar-refractivity contribution is -0.118. The van der Waals surface area contributed by atoms with Gasteiger partial charge in [0.05, 0.1) is 28.8 Å². The fourth-order valence-corrected chi connectivity index (χ4v) is 2.36. The number of carbonyl (C=O) groups excluding carboxylic acids is 1. The minimum Gasteiger partial charge on any atom is -0.326 e. The minimum absolute atomic E-state index is 0.128. The Balaban J connectivity index is 2.19. The van der Waals surface area contributed by atoms with E-state index in [1.807, 2.05) is 30.3 Å². The van der Waals surface area contributed by atoms with Crippen LogP contribution >= 0.6 is 23.2 Å². The molecular weight excluding hydrogens is 347 g/mol. The highest BCUT2D eigenvalue weighted by Crippen LogP contribution is 2.26. The zero-order chi connectivity index (χ0) is 17.5. The molecule has 0 radical (unpaired) electrons. The van der Waals surface area contributed by atoms with Crippen LogP contribution in [0.2, 0.25) is 10.0 Å². The van der Waals surface area contributed by atoms with E-state index < -0.39 is 5.92 Å². The van der Waals surface area contributed by atoms with Crippen LogP contribution < -0.4 is 10.8 Å². The molecule has 126 valence electrons. The fraction of sp³-hybridized carbons (Fsp3) is 0.167. The molecule has 24 heavy (non-hydrogen) atoms. The van der Waals surface area contributed by atoms with Crippen molar-refractivity contribution in [2.24, 2.45) is 5.92 Å². The van der Waals surface area contributed by atoms with E-state index in [0.717, 1.165) is 11.3 Å². The molecular formula is C18H18Cl2N2O2. The predicted molar refractivity (Wildman–Crippen MR) is 98.8 cm³/mol. The Morgan fingerprint density at radius 3 is 2.46 bits per heavy atom. The lowest BCUT2D eigenvalue weighted by atomic mass is 10.1. The molecule has 2 rings (SSSR count). The van der Waals surface area contributed by atoms with Gasteiger partial charge in [-0.25, -0.2) is 0 Å². The normalized spacial score (nSPS) is 12.6. The van der Waals surface area contributed by atoms with E-state index >= 15 is 0 Å². The van der Waals surface area contributed by atoms with E-state index in [9.17, 15) is 4.79 Å². The molecule has 1 atom stereocenters. The van der Waals surface area contributed by atoms with Crippen LogP contribution in [0.15, 0.2) is 54.6 Å². The third-order valence-corrected chi connectivity index (χ3v) is 4.05. The van der Waals surface area contributed by atoms with E-state index in [-0.39, 0.29) is 5.91 Å². The molecule has 0 heterocycles. The average Bonchev–Trinajstić information content (AvgIpc) is 2.57. The lowest BCUT2D eigenvalue weighted by Gasteiger charge is -2.14. The fourth-order valence-electron chi connectivity index (χ4n) is 2.07. The average molecular weight is 365 g/mol. The molecule has 0 aliphatic heterocycles.